The van der Waals surface area contributed by atoms with Crippen LogP contribution in [0.15, 0.2) is 11.6 Å². The molecule has 0 N–H and O–H groups in total. The summed E-state index contributed by atoms with van der Waals surface area (Å²) in [7, 11) is 0. The highest BCUT2D eigenvalue weighted by atomic mass is 16.8. The van der Waals surface area contributed by atoms with Crippen molar-refractivity contribution >= 4 is 47.8 Å². The van der Waals surface area contributed by atoms with Crippen LogP contribution in [0.1, 0.15) is 182 Å². The van der Waals surface area contributed by atoms with E-state index in [1.807, 2.05) is 0 Å². The number of allylic oxidation sites excluding steroid dienone is 1. The van der Waals surface area contributed by atoms with Gasteiger partial charge in [-0.25, -0.2) is 0 Å². The summed E-state index contributed by atoms with van der Waals surface area (Å²) in [6, 6.07) is 0. The van der Waals surface area contributed by atoms with Crippen LogP contribution in [-0.4, -0.2) is 171 Å². The Kier molecular flexibility index (Phi) is 21.0. The second kappa shape index (κ2) is 27.1. The van der Waals surface area contributed by atoms with Crippen molar-refractivity contribution in [3.63, 3.8) is 0 Å². The van der Waals surface area contributed by atoms with Crippen molar-refractivity contribution in [2.75, 3.05) is 13.2 Å². The Morgan fingerprint density at radius 1 is 0.538 bits per heavy atom. The minimum absolute atomic E-state index is 0.0931. The van der Waals surface area contributed by atoms with Crippen LogP contribution < -0.4 is 0 Å². The first-order chi connectivity index (χ1) is 42.4. The molecule has 9 rings (SSSR count). The summed E-state index contributed by atoms with van der Waals surface area (Å²) in [6.45, 7) is 29.2. The van der Waals surface area contributed by atoms with E-state index in [-0.39, 0.29) is 22.9 Å². The molecule has 4 aliphatic carbocycles. The van der Waals surface area contributed by atoms with E-state index in [1.165, 1.54) is 19.4 Å². The summed E-state index contributed by atoms with van der Waals surface area (Å²) in [4.78, 5) is 106. The maximum atomic E-state index is 14.8. The molecule has 512 valence electrons. The zero-order valence-electron chi connectivity index (χ0n) is 56.4. The maximum Gasteiger partial charge on any atom is 0.311 e. The summed E-state index contributed by atoms with van der Waals surface area (Å²) in [5.74, 6) is -4.46. The second-order valence-electron chi connectivity index (χ2n) is 29.9. The number of hydrogen-bond donors (Lipinski definition) is 0. The first-order valence-electron chi connectivity index (χ1n) is 32.8. The smallest absolute Gasteiger partial charge is 0.311 e. The fourth-order valence-electron chi connectivity index (χ4n) is 16.7. The van der Waals surface area contributed by atoms with Gasteiger partial charge in [0, 0.05) is 53.9 Å². The Bertz CT molecular complexity index is 2740. The minimum atomic E-state index is -1.77. The predicted octanol–water partition coefficient (Wildman–Crippen LogP) is 7.86. The second-order valence-corrected chi connectivity index (χ2v) is 29.9. The number of rotatable bonds is 15. The van der Waals surface area contributed by atoms with Crippen LogP contribution in [0.5, 0.6) is 0 Å². The first-order valence-corrected chi connectivity index (χ1v) is 32.8. The van der Waals surface area contributed by atoms with Gasteiger partial charge < -0.3 is 75.8 Å². The quantitative estimate of drug-likeness (QED) is 0.0856. The molecule has 0 aromatic carbocycles. The van der Waals surface area contributed by atoms with Crippen molar-refractivity contribution in [3.8, 4) is 0 Å². The molecule has 24 nitrogen and oxygen atoms in total. The third-order valence-corrected chi connectivity index (χ3v) is 20.9. The van der Waals surface area contributed by atoms with Crippen molar-refractivity contribution in [3.05, 3.63) is 11.6 Å². The zero-order valence-corrected chi connectivity index (χ0v) is 56.4. The number of fused-ring (bicyclic) bond motifs is 7. The van der Waals surface area contributed by atoms with E-state index >= 15 is 0 Å². The number of carbonyl (C=O) groups is 8. The van der Waals surface area contributed by atoms with E-state index in [2.05, 4.69) is 33.8 Å². The van der Waals surface area contributed by atoms with E-state index < -0.39 is 169 Å². The predicted molar refractivity (Wildman–Crippen MR) is 317 cm³/mol. The average molecular weight is 1290 g/mol. The number of hydrogen-bond acceptors (Lipinski definition) is 24. The van der Waals surface area contributed by atoms with Crippen molar-refractivity contribution in [2.24, 2.45) is 57.2 Å². The highest BCUT2D eigenvalue weighted by Gasteiger charge is 2.69. The van der Waals surface area contributed by atoms with Crippen LogP contribution in [0.2, 0.25) is 0 Å². The Balaban J connectivity index is 1.11. The third-order valence-electron chi connectivity index (χ3n) is 20.9. The van der Waals surface area contributed by atoms with Gasteiger partial charge in [-0.2, -0.15) is 0 Å². The van der Waals surface area contributed by atoms with Gasteiger partial charge in [-0.3, -0.25) is 38.4 Å². The number of ether oxygens (including phenoxy) is 16. The van der Waals surface area contributed by atoms with Crippen LogP contribution in [0, 0.1) is 57.2 Å². The summed E-state index contributed by atoms with van der Waals surface area (Å²) in [5, 5.41) is 0. The molecule has 1 spiro atoms. The molecule has 24 heteroatoms. The fourth-order valence-corrected chi connectivity index (χ4v) is 16.7. The third kappa shape index (κ3) is 14.7. The molecule has 0 aromatic rings. The van der Waals surface area contributed by atoms with Crippen LogP contribution in [-0.2, 0) is 114 Å². The van der Waals surface area contributed by atoms with Crippen molar-refractivity contribution in [1.29, 1.82) is 0 Å². The summed E-state index contributed by atoms with van der Waals surface area (Å²) in [5.41, 5.74) is -1.14. The molecule has 91 heavy (non-hydrogen) atoms. The summed E-state index contributed by atoms with van der Waals surface area (Å²) < 4.78 is 102. The Hall–Kier alpha value is -4.82. The van der Waals surface area contributed by atoms with Gasteiger partial charge in [0.15, 0.2) is 73.5 Å². The monoisotopic (exact) mass is 1290 g/mol. The molecular weight excluding hydrogens is 1190 g/mol. The van der Waals surface area contributed by atoms with Crippen LogP contribution in [0.4, 0.5) is 0 Å². The topological polar surface area (TPSA) is 284 Å². The molecule has 3 saturated carbocycles. The lowest BCUT2D eigenvalue weighted by atomic mass is 9.47. The van der Waals surface area contributed by atoms with Crippen molar-refractivity contribution in [2.45, 2.75) is 293 Å². The Morgan fingerprint density at radius 2 is 1.03 bits per heavy atom. The van der Waals surface area contributed by atoms with Gasteiger partial charge >= 0.3 is 47.8 Å². The highest BCUT2D eigenvalue weighted by Crippen LogP contribution is 2.71. The highest BCUT2D eigenvalue weighted by molar-refractivity contribution is 5.76. The van der Waals surface area contributed by atoms with E-state index in [0.717, 1.165) is 93.1 Å². The van der Waals surface area contributed by atoms with Crippen molar-refractivity contribution in [1.82, 2.24) is 0 Å². The lowest BCUT2D eigenvalue weighted by Gasteiger charge is -2.59. The molecule has 8 fully saturated rings. The molecule has 0 amide bonds. The normalized spacial score (nSPS) is 42.8. The van der Waals surface area contributed by atoms with Gasteiger partial charge in [-0.15, -0.1) is 0 Å². The largest absolute Gasteiger partial charge is 0.462 e. The molecule has 0 aromatic heterocycles. The van der Waals surface area contributed by atoms with E-state index in [4.69, 9.17) is 75.8 Å². The van der Waals surface area contributed by atoms with Gasteiger partial charge in [-0.05, 0) is 147 Å². The first kappa shape index (κ1) is 70.5. The summed E-state index contributed by atoms with van der Waals surface area (Å²) in [6.07, 6.45) is -13.4. The van der Waals surface area contributed by atoms with Gasteiger partial charge in [-0.1, -0.05) is 39.3 Å². The lowest BCUT2D eigenvalue weighted by molar-refractivity contribution is -0.389. The van der Waals surface area contributed by atoms with Gasteiger partial charge in [0.25, 0.3) is 0 Å². The lowest BCUT2D eigenvalue weighted by Crippen LogP contribution is -2.68. The molecule has 5 heterocycles. The van der Waals surface area contributed by atoms with E-state index in [0.29, 0.717) is 42.4 Å². The molecule has 26 atom stereocenters. The molecular formula is C67H100O24. The molecule has 9 aliphatic rings. The average Bonchev–Trinajstić information content (AvgIpc) is 1.56. The number of carbonyl (C=O) groups excluding carboxylic acids is 8. The standard InChI is InChI=1S/C67H100O24/c1-31-21-26-67(77-29-31)32(2)48-46(91-67)28-45-43-20-19-41-27-42(22-24-65(41,17)44(43)23-25-66(45,48)18)86-60-57(89-59-56(85-40(10)73)53(83-38(8)71)50(34(4)79-59)81-36(6)69)54(90-62(75)64(14,15)16)51(47(87-60)30-76-61(74)63(11,12)13)88-58-55(84-39(9)72)52(82-37(7)70)49(33(3)78-58)80-35(5)68/h19,31-34,42-60H,20-30H2,1-18H3/t31-,32+,33+,34+,42+,43-,44+,45+,46+,47-,48+,49+,50+,51-,52-,53-,54+,55-,56-,57-,58+,59+,60+,65+,66+,67-/m1/s1. The Labute approximate surface area is 534 Å². The minimum Gasteiger partial charge on any atom is -0.462 e. The fraction of sp³-hybridized carbons (Fsp3) is 0.851. The van der Waals surface area contributed by atoms with E-state index in [9.17, 15) is 38.4 Å². The molecule has 0 radical (unpaired) electrons. The van der Waals surface area contributed by atoms with Gasteiger partial charge in [0.1, 0.15) is 18.8 Å². The SMILES string of the molecule is CC(=O)O[C@@H]1[C@@H](OC(C)=O)[C@H](C)O[C@@H](O[C@H]2[C@@H](O[C@H]3CC[C@@]4(C)C(=CC[C@H]5[C@@H]6C[C@@H]7O[C@]8(CC[C@@H](C)CO8)[C@@H](C)[C@@H]7[C@@]6(C)CC[C@@H]54)C3)O[C@H](COC(=O)C(C)(C)C)[C@@H](O[C@@H]3O[C@@H](C)[C@H](OC(C)=O)[C@@H](OC(C)=O)[C@H]3OC(C)=O)[C@@H]2OC(=O)C(C)(C)C)[C@@H]1OC(C)=O. The molecule has 0 bridgehead atoms. The molecule has 5 saturated heterocycles. The van der Waals surface area contributed by atoms with Crippen LogP contribution in [0.3, 0.4) is 0 Å². The van der Waals surface area contributed by atoms with Crippen molar-refractivity contribution < 1.29 is 114 Å². The molecule has 0 unspecified atom stereocenters. The summed E-state index contributed by atoms with van der Waals surface area (Å²) >= 11 is 0. The molecule has 5 aliphatic heterocycles. The van der Waals surface area contributed by atoms with Gasteiger partial charge in [0.05, 0.1) is 41.9 Å². The number of esters is 8. The van der Waals surface area contributed by atoms with Crippen LogP contribution in [0.25, 0.3) is 0 Å². The van der Waals surface area contributed by atoms with Gasteiger partial charge in [0.2, 0.25) is 0 Å². The Morgan fingerprint density at radius 3 is 1.54 bits per heavy atom. The zero-order chi connectivity index (χ0) is 66.8. The maximum absolute atomic E-state index is 14.8. The van der Waals surface area contributed by atoms with E-state index in [1.54, 1.807) is 41.5 Å². The van der Waals surface area contributed by atoms with Crippen LogP contribution >= 0.6 is 0 Å².